The largest absolute Gasteiger partial charge is 0.491 e. The summed E-state index contributed by atoms with van der Waals surface area (Å²) in [7, 11) is 0. The Morgan fingerprint density at radius 2 is 1.39 bits per heavy atom. The van der Waals surface area contributed by atoms with E-state index < -0.39 is 0 Å². The third-order valence-electron chi connectivity index (χ3n) is 4.89. The van der Waals surface area contributed by atoms with Crippen molar-refractivity contribution in [3.63, 3.8) is 0 Å². The normalized spacial score (nSPS) is 11.5. The van der Waals surface area contributed by atoms with Gasteiger partial charge in [0.1, 0.15) is 24.7 Å². The van der Waals surface area contributed by atoms with Crippen molar-refractivity contribution in [1.29, 1.82) is 0 Å². The van der Waals surface area contributed by atoms with Crippen molar-refractivity contribution >= 4 is 0 Å². The average molecular weight is 430 g/mol. The fourth-order valence-corrected chi connectivity index (χ4v) is 3.09. The summed E-state index contributed by atoms with van der Waals surface area (Å²) < 4.78 is 22.5. The molecule has 2 aromatic carbocycles. The Morgan fingerprint density at radius 3 is 2.00 bits per heavy atom. The van der Waals surface area contributed by atoms with Crippen LogP contribution in [0, 0.1) is 0 Å². The molecule has 0 fully saturated rings. The lowest BCUT2D eigenvalue weighted by molar-refractivity contribution is 0.107. The molecule has 0 aromatic heterocycles. The van der Waals surface area contributed by atoms with E-state index in [4.69, 9.17) is 18.9 Å². The third kappa shape index (κ3) is 9.30. The molecule has 0 heterocycles. The molecule has 0 saturated carbocycles. The van der Waals surface area contributed by atoms with Crippen LogP contribution in [-0.2, 0) is 28.0 Å². The molecule has 31 heavy (non-hydrogen) atoms. The quantitative estimate of drug-likeness (QED) is 0.423. The molecule has 0 bridgehead atoms. The fourth-order valence-electron chi connectivity index (χ4n) is 3.09. The van der Waals surface area contributed by atoms with Crippen molar-refractivity contribution in [3.05, 3.63) is 59.2 Å². The number of hydrogen-bond acceptors (Lipinski definition) is 5. The van der Waals surface area contributed by atoms with Gasteiger partial charge in [0.2, 0.25) is 0 Å². The van der Waals surface area contributed by atoms with Crippen LogP contribution in [-0.4, -0.2) is 39.6 Å². The molecule has 1 N–H and O–H groups in total. The van der Waals surface area contributed by atoms with Gasteiger partial charge in [0.25, 0.3) is 0 Å². The van der Waals surface area contributed by atoms with Crippen LogP contribution in [0.4, 0.5) is 0 Å². The van der Waals surface area contributed by atoms with Crippen molar-refractivity contribution in [1.82, 2.24) is 5.32 Å². The van der Waals surface area contributed by atoms with Gasteiger partial charge in [-0.2, -0.15) is 0 Å². The lowest BCUT2D eigenvalue weighted by atomic mass is 9.87. The van der Waals surface area contributed by atoms with Gasteiger partial charge in [-0.1, -0.05) is 51.1 Å². The van der Waals surface area contributed by atoms with Gasteiger partial charge >= 0.3 is 0 Å². The summed E-state index contributed by atoms with van der Waals surface area (Å²) in [5, 5.41) is 3.53. The molecular weight excluding hydrogens is 390 g/mol. The first-order valence-corrected chi connectivity index (χ1v) is 11.3. The second-order valence-electron chi connectivity index (χ2n) is 8.41. The van der Waals surface area contributed by atoms with Crippen molar-refractivity contribution in [2.24, 2.45) is 0 Å². The molecule has 2 aromatic rings. The van der Waals surface area contributed by atoms with Gasteiger partial charge in [-0.15, -0.1) is 0 Å². The molecule has 5 heteroatoms. The number of benzene rings is 2. The van der Waals surface area contributed by atoms with Gasteiger partial charge < -0.3 is 24.3 Å². The van der Waals surface area contributed by atoms with Gasteiger partial charge in [-0.05, 0) is 36.5 Å². The Balaban J connectivity index is 1.95. The standard InChI is InChI=1S/C26H39NO4/c1-6-28-14-16-30-24-13-10-22(25(18-24)31-17-15-29-7-2)20-27-19-21-8-11-23(12-9-21)26(3,4)5/h8-13,18,27H,6-7,14-17,19-20H2,1-5H3. The Morgan fingerprint density at radius 1 is 0.742 bits per heavy atom. The minimum Gasteiger partial charge on any atom is -0.491 e. The highest BCUT2D eigenvalue weighted by molar-refractivity contribution is 5.41. The minimum absolute atomic E-state index is 0.173. The van der Waals surface area contributed by atoms with Crippen LogP contribution in [0.2, 0.25) is 0 Å². The zero-order chi connectivity index (χ0) is 22.5. The van der Waals surface area contributed by atoms with Gasteiger partial charge in [-0.3, -0.25) is 0 Å². The zero-order valence-corrected chi connectivity index (χ0v) is 19.8. The van der Waals surface area contributed by atoms with Gasteiger partial charge in [0.05, 0.1) is 13.2 Å². The van der Waals surface area contributed by atoms with E-state index >= 15 is 0 Å². The Bertz CT molecular complexity index is 753. The van der Waals surface area contributed by atoms with Gasteiger partial charge in [0, 0.05) is 37.9 Å². The lowest BCUT2D eigenvalue weighted by Crippen LogP contribution is -2.15. The highest BCUT2D eigenvalue weighted by atomic mass is 16.5. The van der Waals surface area contributed by atoms with Crippen molar-refractivity contribution in [2.75, 3.05) is 39.6 Å². The summed E-state index contributed by atoms with van der Waals surface area (Å²) in [5.74, 6) is 1.61. The van der Waals surface area contributed by atoms with E-state index in [2.05, 4.69) is 56.4 Å². The molecule has 0 amide bonds. The van der Waals surface area contributed by atoms with Crippen molar-refractivity contribution < 1.29 is 18.9 Å². The summed E-state index contributed by atoms with van der Waals surface area (Å²) >= 11 is 0. The number of hydrogen-bond donors (Lipinski definition) is 1. The Labute approximate surface area is 188 Å². The average Bonchev–Trinajstić information content (AvgIpc) is 2.75. The highest BCUT2D eigenvalue weighted by Crippen LogP contribution is 2.26. The third-order valence-corrected chi connectivity index (χ3v) is 4.89. The fraction of sp³-hybridized carbons (Fsp3) is 0.538. The Kier molecular flexibility index (Phi) is 10.9. The molecule has 172 valence electrons. The second kappa shape index (κ2) is 13.4. The molecule has 0 atom stereocenters. The molecule has 0 spiro atoms. The summed E-state index contributed by atoms with van der Waals surface area (Å²) in [6.07, 6.45) is 0. The van der Waals surface area contributed by atoms with Crippen molar-refractivity contribution in [2.45, 2.75) is 53.1 Å². The maximum Gasteiger partial charge on any atom is 0.127 e. The smallest absolute Gasteiger partial charge is 0.127 e. The van der Waals surface area contributed by atoms with Gasteiger partial charge in [0.15, 0.2) is 0 Å². The predicted octanol–water partition coefficient (Wildman–Crippen LogP) is 5.10. The summed E-state index contributed by atoms with van der Waals surface area (Å²) in [4.78, 5) is 0. The summed E-state index contributed by atoms with van der Waals surface area (Å²) in [6, 6.07) is 14.8. The first-order chi connectivity index (χ1) is 14.9. The molecular formula is C26H39NO4. The molecule has 0 radical (unpaired) electrons. The summed E-state index contributed by atoms with van der Waals surface area (Å²) in [5.41, 5.74) is 3.88. The van der Waals surface area contributed by atoms with E-state index in [0.29, 0.717) is 46.2 Å². The minimum atomic E-state index is 0.173. The van der Waals surface area contributed by atoms with Crippen LogP contribution in [0.1, 0.15) is 51.3 Å². The van der Waals surface area contributed by atoms with Crippen LogP contribution in [0.25, 0.3) is 0 Å². The molecule has 0 aliphatic rings. The van der Waals surface area contributed by atoms with E-state index in [1.807, 2.05) is 26.0 Å². The molecule has 5 nitrogen and oxygen atoms in total. The van der Waals surface area contributed by atoms with E-state index in [1.165, 1.54) is 11.1 Å². The maximum atomic E-state index is 5.99. The van der Waals surface area contributed by atoms with Crippen LogP contribution in [0.3, 0.4) is 0 Å². The maximum absolute atomic E-state index is 5.99. The Hall–Kier alpha value is -2.08. The lowest BCUT2D eigenvalue weighted by Gasteiger charge is -2.19. The van der Waals surface area contributed by atoms with Gasteiger partial charge in [-0.25, -0.2) is 0 Å². The predicted molar refractivity (Wildman–Crippen MR) is 126 cm³/mol. The monoisotopic (exact) mass is 429 g/mol. The summed E-state index contributed by atoms with van der Waals surface area (Å²) in [6.45, 7) is 15.7. The molecule has 0 aliphatic carbocycles. The van der Waals surface area contributed by atoms with Crippen LogP contribution in [0.5, 0.6) is 11.5 Å². The molecule has 0 aliphatic heterocycles. The molecule has 0 unspecified atom stereocenters. The number of rotatable bonds is 14. The van der Waals surface area contributed by atoms with Crippen LogP contribution in [0.15, 0.2) is 42.5 Å². The number of ether oxygens (including phenoxy) is 4. The SMILES string of the molecule is CCOCCOc1ccc(CNCc2ccc(C(C)(C)C)cc2)c(OCCOCC)c1. The number of nitrogens with one attached hydrogen (secondary N) is 1. The van der Waals surface area contributed by atoms with Crippen LogP contribution >= 0.6 is 0 Å². The second-order valence-corrected chi connectivity index (χ2v) is 8.41. The van der Waals surface area contributed by atoms with E-state index in [1.54, 1.807) is 0 Å². The molecule has 0 saturated heterocycles. The first-order valence-electron chi connectivity index (χ1n) is 11.3. The highest BCUT2D eigenvalue weighted by Gasteiger charge is 2.13. The van der Waals surface area contributed by atoms with E-state index in [-0.39, 0.29) is 5.41 Å². The van der Waals surface area contributed by atoms with E-state index in [9.17, 15) is 0 Å². The zero-order valence-electron chi connectivity index (χ0n) is 19.8. The van der Waals surface area contributed by atoms with E-state index in [0.717, 1.165) is 23.6 Å². The molecule has 2 rings (SSSR count). The van der Waals surface area contributed by atoms with Crippen molar-refractivity contribution in [3.8, 4) is 11.5 Å². The first kappa shape index (κ1) is 25.2. The van der Waals surface area contributed by atoms with Crippen LogP contribution < -0.4 is 14.8 Å². The topological polar surface area (TPSA) is 49.0 Å².